The molecule has 0 aromatic heterocycles. The van der Waals surface area contributed by atoms with E-state index in [0.717, 1.165) is 6.54 Å². The fourth-order valence-electron chi connectivity index (χ4n) is 0.764. The molecular weight excluding hydrogens is 176 g/mol. The van der Waals surface area contributed by atoms with Crippen LogP contribution in [0.5, 0.6) is 0 Å². The molecule has 0 aliphatic carbocycles. The van der Waals surface area contributed by atoms with Gasteiger partial charge in [0, 0.05) is 13.5 Å². The summed E-state index contributed by atoms with van der Waals surface area (Å²) >= 11 is 0. The van der Waals surface area contributed by atoms with Crippen LogP contribution in [-0.2, 0) is 4.79 Å². The molecule has 0 heterocycles. The van der Waals surface area contributed by atoms with Crippen LogP contribution in [0.2, 0.25) is 0 Å². The van der Waals surface area contributed by atoms with Crippen LogP contribution in [0.4, 0.5) is 0 Å². The number of rotatable bonds is 3. The molecule has 3 nitrogen and oxygen atoms in total. The Morgan fingerprint density at radius 1 is 1.07 bits per heavy atom. The first-order valence-corrected chi connectivity index (χ1v) is 5.48. The average molecular weight is 204 g/mol. The van der Waals surface area contributed by atoms with Gasteiger partial charge in [-0.2, -0.15) is 0 Å². The lowest BCUT2D eigenvalue weighted by Crippen LogP contribution is -2.36. The maximum Gasteiger partial charge on any atom is 0.220 e. The molecule has 0 saturated carbocycles. The van der Waals surface area contributed by atoms with Crippen molar-refractivity contribution in [3.8, 4) is 0 Å². The molecule has 14 heavy (non-hydrogen) atoms. The van der Waals surface area contributed by atoms with Crippen LogP contribution in [0, 0.1) is 0 Å². The predicted molar refractivity (Wildman–Crippen MR) is 64.3 cm³/mol. The lowest BCUT2D eigenvalue weighted by Gasteiger charge is -2.22. The van der Waals surface area contributed by atoms with Gasteiger partial charge in [-0.15, -0.1) is 0 Å². The van der Waals surface area contributed by atoms with Crippen LogP contribution in [0.1, 0.15) is 41.5 Å². The Kier molecular flexibility index (Phi) is 20.3. The third-order valence-corrected chi connectivity index (χ3v) is 1.28. The third-order valence-electron chi connectivity index (χ3n) is 1.28. The molecule has 0 aliphatic rings. The summed E-state index contributed by atoms with van der Waals surface area (Å²) in [4.78, 5) is 14.6. The maximum absolute atomic E-state index is 10.8. The highest BCUT2D eigenvalue weighted by atomic mass is 16.2. The molecule has 0 aromatic carbocycles. The number of carbonyl (C=O) groups is 1. The van der Waals surface area contributed by atoms with E-state index in [-0.39, 0.29) is 5.91 Å². The maximum atomic E-state index is 10.8. The first kappa shape index (κ1) is 19.1. The van der Waals surface area contributed by atoms with Gasteiger partial charge in [0.25, 0.3) is 0 Å². The Morgan fingerprint density at radius 3 is 1.50 bits per heavy atom. The van der Waals surface area contributed by atoms with E-state index in [1.54, 1.807) is 11.8 Å². The monoisotopic (exact) mass is 204 g/mol. The fourth-order valence-corrected chi connectivity index (χ4v) is 0.764. The molecule has 0 aliphatic heterocycles. The van der Waals surface area contributed by atoms with Gasteiger partial charge in [0.15, 0.2) is 0 Å². The van der Waals surface area contributed by atoms with Crippen molar-refractivity contribution >= 4 is 5.91 Å². The molecule has 0 spiro atoms. The Balaban J connectivity index is -0.000000266. The van der Waals surface area contributed by atoms with E-state index in [1.807, 2.05) is 53.6 Å². The molecule has 1 amide bonds. The standard InChI is InChI=1S/C7H16N2O.2C2H6/c1-5-9(7(2)10)6-8(3)4;2*1-2/h5-6H2,1-4H3;2*1-2H3. The number of hydrogen-bond donors (Lipinski definition) is 0. The van der Waals surface area contributed by atoms with Crippen molar-refractivity contribution in [2.45, 2.75) is 41.5 Å². The minimum absolute atomic E-state index is 0.135. The lowest BCUT2D eigenvalue weighted by atomic mass is 10.5. The van der Waals surface area contributed by atoms with Crippen molar-refractivity contribution in [1.29, 1.82) is 0 Å². The molecule has 0 radical (unpaired) electrons. The summed E-state index contributed by atoms with van der Waals surface area (Å²) < 4.78 is 0. The molecule has 88 valence electrons. The van der Waals surface area contributed by atoms with E-state index >= 15 is 0 Å². The Hall–Kier alpha value is -0.570. The zero-order chi connectivity index (χ0) is 12.1. The van der Waals surface area contributed by atoms with Crippen LogP contribution >= 0.6 is 0 Å². The second-order valence-electron chi connectivity index (χ2n) is 2.60. The zero-order valence-corrected chi connectivity index (χ0v) is 11.2. The highest BCUT2D eigenvalue weighted by Crippen LogP contribution is 1.88. The quantitative estimate of drug-likeness (QED) is 0.659. The van der Waals surface area contributed by atoms with Crippen LogP contribution in [0.15, 0.2) is 0 Å². The molecule has 0 N–H and O–H groups in total. The predicted octanol–water partition coefficient (Wildman–Crippen LogP) is 2.43. The summed E-state index contributed by atoms with van der Waals surface area (Å²) in [6.45, 7) is 13.1. The normalized spacial score (nSPS) is 8.07. The van der Waals surface area contributed by atoms with Gasteiger partial charge in [-0.1, -0.05) is 27.7 Å². The first-order chi connectivity index (χ1) is 6.57. The minimum Gasteiger partial charge on any atom is -0.330 e. The van der Waals surface area contributed by atoms with Gasteiger partial charge in [0.1, 0.15) is 0 Å². The van der Waals surface area contributed by atoms with E-state index in [9.17, 15) is 4.79 Å². The van der Waals surface area contributed by atoms with Crippen LogP contribution in [0.25, 0.3) is 0 Å². The highest BCUT2D eigenvalue weighted by Gasteiger charge is 2.04. The van der Waals surface area contributed by atoms with Gasteiger partial charge in [-0.25, -0.2) is 0 Å². The van der Waals surface area contributed by atoms with Crippen LogP contribution in [0.3, 0.4) is 0 Å². The molecule has 0 atom stereocenters. The summed E-state index contributed by atoms with van der Waals surface area (Å²) in [6.07, 6.45) is 0. The Bertz CT molecular complexity index is 114. The van der Waals surface area contributed by atoms with Crippen molar-refractivity contribution < 1.29 is 4.79 Å². The molecule has 0 unspecified atom stereocenters. The van der Waals surface area contributed by atoms with Gasteiger partial charge in [0.2, 0.25) is 5.91 Å². The van der Waals surface area contributed by atoms with Crippen molar-refractivity contribution in [3.05, 3.63) is 0 Å². The summed E-state index contributed by atoms with van der Waals surface area (Å²) in [5, 5.41) is 0. The lowest BCUT2D eigenvalue weighted by molar-refractivity contribution is -0.130. The number of carbonyl (C=O) groups excluding carboxylic acids is 1. The third kappa shape index (κ3) is 14.0. The fraction of sp³-hybridized carbons (Fsp3) is 0.909. The van der Waals surface area contributed by atoms with Gasteiger partial charge < -0.3 is 4.90 Å². The largest absolute Gasteiger partial charge is 0.330 e. The van der Waals surface area contributed by atoms with E-state index < -0.39 is 0 Å². The number of nitrogens with zero attached hydrogens (tertiary/aromatic N) is 2. The first-order valence-electron chi connectivity index (χ1n) is 5.48. The van der Waals surface area contributed by atoms with E-state index in [0.29, 0.717) is 6.67 Å². The van der Waals surface area contributed by atoms with E-state index in [4.69, 9.17) is 0 Å². The van der Waals surface area contributed by atoms with Crippen molar-refractivity contribution in [1.82, 2.24) is 9.80 Å². The summed E-state index contributed by atoms with van der Waals surface area (Å²) in [5.41, 5.74) is 0. The second kappa shape index (κ2) is 14.9. The van der Waals surface area contributed by atoms with Gasteiger partial charge >= 0.3 is 0 Å². The molecule has 3 heteroatoms. The molecule has 0 bridgehead atoms. The second-order valence-corrected chi connectivity index (χ2v) is 2.60. The summed E-state index contributed by atoms with van der Waals surface area (Å²) in [6, 6.07) is 0. The topological polar surface area (TPSA) is 23.6 Å². The Morgan fingerprint density at radius 2 is 1.43 bits per heavy atom. The average Bonchev–Trinajstić information content (AvgIpc) is 2.19. The molecule has 0 aromatic rings. The van der Waals surface area contributed by atoms with Crippen molar-refractivity contribution in [2.24, 2.45) is 0 Å². The SMILES string of the molecule is CC.CC.CCN(CN(C)C)C(C)=O. The molecular formula is C11H28N2O. The molecule has 0 saturated heterocycles. The molecule has 0 fully saturated rings. The summed E-state index contributed by atoms with van der Waals surface area (Å²) in [5.74, 6) is 0.135. The zero-order valence-electron chi connectivity index (χ0n) is 11.2. The van der Waals surface area contributed by atoms with E-state index in [1.165, 1.54) is 0 Å². The van der Waals surface area contributed by atoms with Crippen LogP contribution < -0.4 is 0 Å². The summed E-state index contributed by atoms with van der Waals surface area (Å²) in [7, 11) is 3.90. The van der Waals surface area contributed by atoms with Gasteiger partial charge in [-0.05, 0) is 21.0 Å². The number of hydrogen-bond acceptors (Lipinski definition) is 2. The van der Waals surface area contributed by atoms with Crippen LogP contribution in [-0.4, -0.2) is 43.0 Å². The minimum atomic E-state index is 0.135. The van der Waals surface area contributed by atoms with Gasteiger partial charge in [-0.3, -0.25) is 9.69 Å². The van der Waals surface area contributed by atoms with E-state index in [2.05, 4.69) is 0 Å². The van der Waals surface area contributed by atoms with Crippen molar-refractivity contribution in [3.63, 3.8) is 0 Å². The van der Waals surface area contributed by atoms with Crippen molar-refractivity contribution in [2.75, 3.05) is 27.3 Å². The molecule has 0 rings (SSSR count). The smallest absolute Gasteiger partial charge is 0.220 e. The van der Waals surface area contributed by atoms with Gasteiger partial charge in [0.05, 0.1) is 6.67 Å². The highest BCUT2D eigenvalue weighted by molar-refractivity contribution is 5.73. The number of amides is 1. The Labute approximate surface area is 90.1 Å².